The van der Waals surface area contributed by atoms with Gasteiger partial charge in [0.25, 0.3) is 0 Å². The summed E-state index contributed by atoms with van der Waals surface area (Å²) in [5, 5.41) is 3.37. The van der Waals surface area contributed by atoms with Gasteiger partial charge in [0.1, 0.15) is 11.6 Å². The molecule has 0 amide bonds. The van der Waals surface area contributed by atoms with Crippen molar-refractivity contribution in [1.82, 2.24) is 5.32 Å². The summed E-state index contributed by atoms with van der Waals surface area (Å²) < 4.78 is 18.4. The number of piperidine rings is 1. The molecule has 1 heterocycles. The Morgan fingerprint density at radius 3 is 2.94 bits per heavy atom. The van der Waals surface area contributed by atoms with Gasteiger partial charge in [-0.05, 0) is 43.0 Å². The van der Waals surface area contributed by atoms with E-state index in [4.69, 9.17) is 4.74 Å². The SMILES string of the molecule is COc1cc(F)ccc1[C@H]1CCNC[C@H]1C. The minimum atomic E-state index is -0.234. The summed E-state index contributed by atoms with van der Waals surface area (Å²) in [7, 11) is 1.60. The highest BCUT2D eigenvalue weighted by Gasteiger charge is 2.25. The zero-order valence-corrected chi connectivity index (χ0v) is 9.79. The third-order valence-electron chi connectivity index (χ3n) is 3.38. The van der Waals surface area contributed by atoms with Crippen LogP contribution in [0.1, 0.15) is 24.8 Å². The van der Waals surface area contributed by atoms with E-state index in [2.05, 4.69) is 12.2 Å². The topological polar surface area (TPSA) is 21.3 Å². The van der Waals surface area contributed by atoms with Crippen molar-refractivity contribution in [2.75, 3.05) is 20.2 Å². The fraction of sp³-hybridized carbons (Fsp3) is 0.538. The first-order chi connectivity index (χ1) is 7.72. The number of hydrogen-bond donors (Lipinski definition) is 1. The van der Waals surface area contributed by atoms with Gasteiger partial charge in [-0.15, -0.1) is 0 Å². The van der Waals surface area contributed by atoms with E-state index < -0.39 is 0 Å². The fourth-order valence-electron chi connectivity index (χ4n) is 2.47. The summed E-state index contributed by atoms with van der Waals surface area (Å²) in [6, 6.07) is 4.86. The third-order valence-corrected chi connectivity index (χ3v) is 3.38. The summed E-state index contributed by atoms with van der Waals surface area (Å²) >= 11 is 0. The lowest BCUT2D eigenvalue weighted by atomic mass is 9.82. The highest BCUT2D eigenvalue weighted by atomic mass is 19.1. The molecule has 1 aromatic rings. The molecule has 3 heteroatoms. The monoisotopic (exact) mass is 223 g/mol. The number of ether oxygens (including phenoxy) is 1. The van der Waals surface area contributed by atoms with Gasteiger partial charge in [0.2, 0.25) is 0 Å². The van der Waals surface area contributed by atoms with Crippen molar-refractivity contribution >= 4 is 0 Å². The smallest absolute Gasteiger partial charge is 0.126 e. The minimum Gasteiger partial charge on any atom is -0.496 e. The van der Waals surface area contributed by atoms with Crippen molar-refractivity contribution in [3.63, 3.8) is 0 Å². The maximum atomic E-state index is 13.1. The molecule has 0 saturated carbocycles. The lowest BCUT2D eigenvalue weighted by Crippen LogP contribution is -2.33. The van der Waals surface area contributed by atoms with Crippen molar-refractivity contribution in [3.05, 3.63) is 29.6 Å². The number of halogens is 1. The molecule has 2 rings (SSSR count). The Hall–Kier alpha value is -1.09. The molecule has 1 aliphatic heterocycles. The zero-order chi connectivity index (χ0) is 11.5. The normalized spacial score (nSPS) is 25.4. The number of rotatable bonds is 2. The predicted molar refractivity (Wildman–Crippen MR) is 62.3 cm³/mol. The second kappa shape index (κ2) is 4.83. The molecule has 1 N–H and O–H groups in total. The molecule has 0 unspecified atom stereocenters. The highest BCUT2D eigenvalue weighted by molar-refractivity contribution is 5.37. The molecular weight excluding hydrogens is 205 g/mol. The minimum absolute atomic E-state index is 0.234. The Balaban J connectivity index is 2.30. The first-order valence-electron chi connectivity index (χ1n) is 5.76. The van der Waals surface area contributed by atoms with Crippen LogP contribution < -0.4 is 10.1 Å². The first-order valence-corrected chi connectivity index (χ1v) is 5.76. The van der Waals surface area contributed by atoms with Crippen LogP contribution in [0.25, 0.3) is 0 Å². The first kappa shape index (κ1) is 11.4. The molecule has 88 valence electrons. The molecule has 1 aromatic carbocycles. The lowest BCUT2D eigenvalue weighted by Gasteiger charge is -2.30. The van der Waals surface area contributed by atoms with Gasteiger partial charge in [-0.1, -0.05) is 13.0 Å². The average molecular weight is 223 g/mol. The quantitative estimate of drug-likeness (QED) is 0.832. The van der Waals surface area contributed by atoms with E-state index in [-0.39, 0.29) is 5.82 Å². The molecule has 0 radical (unpaired) electrons. The van der Waals surface area contributed by atoms with Gasteiger partial charge in [-0.3, -0.25) is 0 Å². The van der Waals surface area contributed by atoms with Crippen molar-refractivity contribution in [1.29, 1.82) is 0 Å². The molecule has 2 nitrogen and oxygen atoms in total. The van der Waals surface area contributed by atoms with Crippen molar-refractivity contribution < 1.29 is 9.13 Å². The van der Waals surface area contributed by atoms with Crippen LogP contribution in [0.4, 0.5) is 4.39 Å². The summed E-state index contributed by atoms with van der Waals surface area (Å²) in [6.07, 6.45) is 1.09. The standard InChI is InChI=1S/C13H18FNO/c1-9-8-15-6-5-11(9)12-4-3-10(14)7-13(12)16-2/h3-4,7,9,11,15H,5-6,8H2,1-2H3/t9-,11+/m1/s1. The molecule has 0 aliphatic carbocycles. The van der Waals surface area contributed by atoms with Gasteiger partial charge in [-0.2, -0.15) is 0 Å². The van der Waals surface area contributed by atoms with E-state index in [1.165, 1.54) is 12.1 Å². The molecule has 1 aliphatic rings. The third kappa shape index (κ3) is 2.19. The number of methoxy groups -OCH3 is 1. The van der Waals surface area contributed by atoms with Gasteiger partial charge < -0.3 is 10.1 Å². The van der Waals surface area contributed by atoms with Crippen LogP contribution in [0, 0.1) is 11.7 Å². The van der Waals surface area contributed by atoms with Gasteiger partial charge in [-0.25, -0.2) is 4.39 Å². The van der Waals surface area contributed by atoms with Gasteiger partial charge in [0.05, 0.1) is 7.11 Å². The maximum absolute atomic E-state index is 13.1. The molecule has 0 bridgehead atoms. The van der Waals surface area contributed by atoms with E-state index >= 15 is 0 Å². The van der Waals surface area contributed by atoms with Crippen LogP contribution in [0.2, 0.25) is 0 Å². The number of benzene rings is 1. The van der Waals surface area contributed by atoms with Crippen molar-refractivity contribution in [2.45, 2.75) is 19.3 Å². The van der Waals surface area contributed by atoms with E-state index in [0.29, 0.717) is 17.6 Å². The van der Waals surface area contributed by atoms with Crippen molar-refractivity contribution in [3.8, 4) is 5.75 Å². The Bertz CT molecular complexity index is 367. The average Bonchev–Trinajstić information content (AvgIpc) is 2.30. The van der Waals surface area contributed by atoms with Crippen molar-refractivity contribution in [2.24, 2.45) is 5.92 Å². The molecule has 1 fully saturated rings. The Labute approximate surface area is 95.8 Å². The summed E-state index contributed by atoms with van der Waals surface area (Å²) in [6.45, 7) is 4.26. The van der Waals surface area contributed by atoms with Crippen LogP contribution >= 0.6 is 0 Å². The van der Waals surface area contributed by atoms with Gasteiger partial charge in [0, 0.05) is 6.07 Å². The number of nitrogens with one attached hydrogen (secondary N) is 1. The summed E-state index contributed by atoms with van der Waals surface area (Å²) in [5.74, 6) is 1.48. The second-order valence-electron chi connectivity index (χ2n) is 4.46. The van der Waals surface area contributed by atoms with Crippen LogP contribution in [0.3, 0.4) is 0 Å². The maximum Gasteiger partial charge on any atom is 0.126 e. The zero-order valence-electron chi connectivity index (χ0n) is 9.79. The fourth-order valence-corrected chi connectivity index (χ4v) is 2.47. The molecule has 2 atom stereocenters. The lowest BCUT2D eigenvalue weighted by molar-refractivity contribution is 0.333. The predicted octanol–water partition coefficient (Wildman–Crippen LogP) is 2.55. The van der Waals surface area contributed by atoms with Gasteiger partial charge >= 0.3 is 0 Å². The van der Waals surface area contributed by atoms with Crippen LogP contribution in [-0.2, 0) is 0 Å². The van der Waals surface area contributed by atoms with Gasteiger partial charge in [0.15, 0.2) is 0 Å². The molecule has 16 heavy (non-hydrogen) atoms. The summed E-state index contributed by atoms with van der Waals surface area (Å²) in [4.78, 5) is 0. The van der Waals surface area contributed by atoms with E-state index in [0.717, 1.165) is 25.1 Å². The molecule has 1 saturated heterocycles. The Morgan fingerprint density at radius 1 is 1.44 bits per heavy atom. The molecule has 0 spiro atoms. The Morgan fingerprint density at radius 2 is 2.25 bits per heavy atom. The summed E-state index contributed by atoms with van der Waals surface area (Å²) in [5.41, 5.74) is 1.14. The van der Waals surface area contributed by atoms with Crippen LogP contribution in [-0.4, -0.2) is 20.2 Å². The Kier molecular flexibility index (Phi) is 3.44. The van der Waals surface area contributed by atoms with Crippen LogP contribution in [0.15, 0.2) is 18.2 Å². The molecular formula is C13H18FNO. The van der Waals surface area contributed by atoms with Crippen LogP contribution in [0.5, 0.6) is 5.75 Å². The van der Waals surface area contributed by atoms with E-state index in [1.807, 2.05) is 6.07 Å². The van der Waals surface area contributed by atoms with E-state index in [9.17, 15) is 4.39 Å². The number of hydrogen-bond acceptors (Lipinski definition) is 2. The second-order valence-corrected chi connectivity index (χ2v) is 4.46. The molecule has 0 aromatic heterocycles. The van der Waals surface area contributed by atoms with E-state index in [1.54, 1.807) is 7.11 Å². The largest absolute Gasteiger partial charge is 0.496 e. The highest BCUT2D eigenvalue weighted by Crippen LogP contribution is 2.35.